The maximum atomic E-state index is 11.3. The van der Waals surface area contributed by atoms with Crippen molar-refractivity contribution in [2.45, 2.75) is 40.0 Å². The molecule has 0 saturated heterocycles. The minimum atomic E-state index is -2.93. The molecule has 1 rings (SSSR count). The van der Waals surface area contributed by atoms with Gasteiger partial charge in [0.25, 0.3) is 0 Å². The first-order valence-corrected chi connectivity index (χ1v) is 11.4. The molecule has 0 aromatic carbocycles. The van der Waals surface area contributed by atoms with Crippen LogP contribution in [0.5, 0.6) is 0 Å². The Labute approximate surface area is 150 Å². The van der Waals surface area contributed by atoms with Crippen LogP contribution >= 0.6 is 11.3 Å². The van der Waals surface area contributed by atoms with Crippen molar-refractivity contribution in [3.05, 3.63) is 22.4 Å². The Morgan fingerprint density at radius 2 is 2.08 bits per heavy atom. The van der Waals surface area contributed by atoms with E-state index in [1.54, 1.807) is 11.3 Å². The van der Waals surface area contributed by atoms with E-state index in [1.165, 1.54) is 11.8 Å². The normalized spacial score (nSPS) is 14.5. The molecule has 0 aliphatic heterocycles. The fourth-order valence-electron chi connectivity index (χ4n) is 2.10. The molecule has 1 aromatic heterocycles. The average molecular weight is 374 g/mol. The lowest BCUT2D eigenvalue weighted by atomic mass is 9.90. The summed E-state index contributed by atoms with van der Waals surface area (Å²) in [6.45, 7) is 10.5. The maximum absolute atomic E-state index is 11.3. The van der Waals surface area contributed by atoms with Crippen molar-refractivity contribution in [1.29, 1.82) is 0 Å². The minimum Gasteiger partial charge on any atom is -0.357 e. The van der Waals surface area contributed by atoms with E-state index in [9.17, 15) is 8.42 Å². The van der Waals surface area contributed by atoms with Crippen molar-refractivity contribution in [3.63, 3.8) is 0 Å². The molecule has 0 radical (unpaired) electrons. The Hall–Kier alpha value is -1.08. The highest BCUT2D eigenvalue weighted by Gasteiger charge is 2.20. The van der Waals surface area contributed by atoms with Gasteiger partial charge in [-0.3, -0.25) is 4.99 Å². The van der Waals surface area contributed by atoms with Crippen LogP contribution in [-0.4, -0.2) is 46.0 Å². The molecule has 7 heteroatoms. The first kappa shape index (κ1) is 21.0. The zero-order chi connectivity index (χ0) is 18.2. The molecule has 1 heterocycles. The zero-order valence-electron chi connectivity index (χ0n) is 15.4. The van der Waals surface area contributed by atoms with Crippen LogP contribution in [0.25, 0.3) is 0 Å². The summed E-state index contributed by atoms with van der Waals surface area (Å²) in [5.74, 6) is 1.40. The summed E-state index contributed by atoms with van der Waals surface area (Å²) in [5, 5.41) is 10.9. The van der Waals surface area contributed by atoms with Crippen LogP contribution < -0.4 is 10.6 Å². The molecule has 0 spiro atoms. The van der Waals surface area contributed by atoms with Crippen molar-refractivity contribution in [3.8, 4) is 0 Å². The van der Waals surface area contributed by atoms with Gasteiger partial charge in [-0.2, -0.15) is 11.3 Å². The standard InChI is InChI=1S/C17H31N3O2S2/c1-6-18-16(19-11-14(2)15-7-9-23-12-15)20-13-17(3,4)8-10-24(5,21)22/h7,9,12,14H,6,8,10-11,13H2,1-5H3,(H2,18,19,20). The zero-order valence-corrected chi connectivity index (χ0v) is 17.1. The van der Waals surface area contributed by atoms with Crippen LogP contribution in [0.3, 0.4) is 0 Å². The molecule has 0 bridgehead atoms. The molecule has 1 atom stereocenters. The number of nitrogens with zero attached hydrogens (tertiary/aromatic N) is 1. The number of sulfone groups is 1. The first-order chi connectivity index (χ1) is 11.1. The molecular weight excluding hydrogens is 342 g/mol. The van der Waals surface area contributed by atoms with Gasteiger partial charge in [0, 0.05) is 25.9 Å². The molecule has 1 unspecified atom stereocenters. The topological polar surface area (TPSA) is 70.6 Å². The van der Waals surface area contributed by atoms with Gasteiger partial charge in [0.2, 0.25) is 0 Å². The third-order valence-corrected chi connectivity index (χ3v) is 5.49. The fourth-order valence-corrected chi connectivity index (χ4v) is 3.80. The molecule has 0 fully saturated rings. The van der Waals surface area contributed by atoms with E-state index in [4.69, 9.17) is 0 Å². The lowest BCUT2D eigenvalue weighted by Crippen LogP contribution is -2.39. The van der Waals surface area contributed by atoms with Crippen LogP contribution in [0, 0.1) is 5.41 Å². The predicted octanol–water partition coefficient (Wildman–Crippen LogP) is 2.87. The molecule has 2 N–H and O–H groups in total. The summed E-state index contributed by atoms with van der Waals surface area (Å²) < 4.78 is 22.7. The Morgan fingerprint density at radius 3 is 2.62 bits per heavy atom. The summed E-state index contributed by atoms with van der Waals surface area (Å²) in [4.78, 5) is 4.64. The van der Waals surface area contributed by atoms with Crippen molar-refractivity contribution in [1.82, 2.24) is 10.6 Å². The minimum absolute atomic E-state index is 0.148. The lowest BCUT2D eigenvalue weighted by molar-refractivity contribution is 0.365. The van der Waals surface area contributed by atoms with Crippen LogP contribution in [0.15, 0.2) is 21.8 Å². The number of nitrogens with one attached hydrogen (secondary N) is 2. The lowest BCUT2D eigenvalue weighted by Gasteiger charge is -2.23. The average Bonchev–Trinajstić information content (AvgIpc) is 3.02. The Morgan fingerprint density at radius 1 is 1.38 bits per heavy atom. The van der Waals surface area contributed by atoms with E-state index in [2.05, 4.69) is 53.2 Å². The number of thiophene rings is 1. The first-order valence-electron chi connectivity index (χ1n) is 8.35. The summed E-state index contributed by atoms with van der Waals surface area (Å²) >= 11 is 1.71. The van der Waals surface area contributed by atoms with Gasteiger partial charge < -0.3 is 10.6 Å². The van der Waals surface area contributed by atoms with Crippen LogP contribution in [-0.2, 0) is 9.84 Å². The molecular formula is C17H31N3O2S2. The van der Waals surface area contributed by atoms with Crippen molar-refractivity contribution in [2.75, 3.05) is 31.6 Å². The van der Waals surface area contributed by atoms with E-state index in [1.807, 2.05) is 6.92 Å². The number of guanidine groups is 1. The van der Waals surface area contributed by atoms with Gasteiger partial charge in [0.1, 0.15) is 9.84 Å². The number of rotatable bonds is 9. The maximum Gasteiger partial charge on any atom is 0.191 e. The van der Waals surface area contributed by atoms with E-state index < -0.39 is 9.84 Å². The largest absolute Gasteiger partial charge is 0.357 e. The summed E-state index contributed by atoms with van der Waals surface area (Å²) in [5.41, 5.74) is 1.18. The monoisotopic (exact) mass is 373 g/mol. The van der Waals surface area contributed by atoms with Gasteiger partial charge in [-0.05, 0) is 47.1 Å². The van der Waals surface area contributed by atoms with Crippen molar-refractivity contribution >= 4 is 27.1 Å². The smallest absolute Gasteiger partial charge is 0.191 e. The second kappa shape index (κ2) is 9.42. The summed E-state index contributed by atoms with van der Waals surface area (Å²) in [6.07, 6.45) is 1.89. The fraction of sp³-hybridized carbons (Fsp3) is 0.706. The molecule has 0 saturated carbocycles. The highest BCUT2D eigenvalue weighted by molar-refractivity contribution is 7.90. The molecule has 0 aliphatic carbocycles. The van der Waals surface area contributed by atoms with Crippen LogP contribution in [0.1, 0.15) is 45.6 Å². The molecule has 1 aromatic rings. The molecule has 0 amide bonds. The Bertz CT molecular complexity index is 608. The van der Waals surface area contributed by atoms with E-state index in [-0.39, 0.29) is 11.2 Å². The molecule has 5 nitrogen and oxygen atoms in total. The summed E-state index contributed by atoms with van der Waals surface area (Å²) in [7, 11) is -2.93. The van der Waals surface area contributed by atoms with Crippen LogP contribution in [0.4, 0.5) is 0 Å². The highest BCUT2D eigenvalue weighted by Crippen LogP contribution is 2.21. The van der Waals surface area contributed by atoms with E-state index in [0.29, 0.717) is 18.9 Å². The molecule has 0 aliphatic rings. The predicted molar refractivity (Wildman–Crippen MR) is 105 cm³/mol. The SMILES string of the molecule is CCNC(=NCC(C)(C)CCS(C)(=O)=O)NCC(C)c1ccsc1. The van der Waals surface area contributed by atoms with Gasteiger partial charge in [-0.1, -0.05) is 20.8 Å². The van der Waals surface area contributed by atoms with Gasteiger partial charge in [0.05, 0.1) is 5.75 Å². The number of hydrogen-bond acceptors (Lipinski definition) is 4. The van der Waals surface area contributed by atoms with E-state index in [0.717, 1.165) is 19.0 Å². The number of hydrogen-bond donors (Lipinski definition) is 2. The second-order valence-electron chi connectivity index (χ2n) is 7.08. The summed E-state index contributed by atoms with van der Waals surface area (Å²) in [6, 6.07) is 2.15. The highest BCUT2D eigenvalue weighted by atomic mass is 32.2. The molecule has 138 valence electrons. The van der Waals surface area contributed by atoms with E-state index >= 15 is 0 Å². The van der Waals surface area contributed by atoms with Gasteiger partial charge in [-0.15, -0.1) is 0 Å². The third-order valence-electron chi connectivity index (χ3n) is 3.85. The second-order valence-corrected chi connectivity index (χ2v) is 10.1. The van der Waals surface area contributed by atoms with Gasteiger partial charge in [-0.25, -0.2) is 8.42 Å². The van der Waals surface area contributed by atoms with Gasteiger partial charge >= 0.3 is 0 Å². The third kappa shape index (κ3) is 8.68. The quantitative estimate of drug-likeness (QED) is 0.516. The van der Waals surface area contributed by atoms with Crippen molar-refractivity contribution in [2.24, 2.45) is 10.4 Å². The molecule has 24 heavy (non-hydrogen) atoms. The number of aliphatic imine (C=N–C) groups is 1. The van der Waals surface area contributed by atoms with Gasteiger partial charge in [0.15, 0.2) is 5.96 Å². The Kier molecular flexibility index (Phi) is 8.22. The van der Waals surface area contributed by atoms with Crippen molar-refractivity contribution < 1.29 is 8.42 Å². The Balaban J connectivity index is 2.57. The van der Waals surface area contributed by atoms with Crippen LogP contribution in [0.2, 0.25) is 0 Å².